The molecule has 2 rings (SSSR count). The van der Waals surface area contributed by atoms with E-state index >= 15 is 0 Å². The van der Waals surface area contributed by atoms with Crippen molar-refractivity contribution >= 4 is 5.91 Å². The lowest BCUT2D eigenvalue weighted by atomic mass is 10.1. The van der Waals surface area contributed by atoms with Gasteiger partial charge in [-0.15, -0.1) is 0 Å². The zero-order valence-electron chi connectivity index (χ0n) is 11.5. The van der Waals surface area contributed by atoms with Crippen LogP contribution >= 0.6 is 0 Å². The largest absolute Gasteiger partial charge is 0.396 e. The first kappa shape index (κ1) is 13.8. The number of hydrogen-bond donors (Lipinski definition) is 1. The molecule has 4 nitrogen and oxygen atoms in total. The van der Waals surface area contributed by atoms with Gasteiger partial charge in [0.2, 0.25) is 5.91 Å². The number of carbonyl (C=O) groups excluding carboxylic acids is 1. The minimum Gasteiger partial charge on any atom is -0.396 e. The second-order valence-corrected chi connectivity index (χ2v) is 5.61. The molecule has 0 spiro atoms. The molecule has 1 N–H and O–H groups in total. The third-order valence-corrected chi connectivity index (χ3v) is 4.39. The van der Waals surface area contributed by atoms with E-state index in [1.54, 1.807) is 0 Å². The highest BCUT2D eigenvalue weighted by Crippen LogP contribution is 2.25. The molecule has 18 heavy (non-hydrogen) atoms. The first-order chi connectivity index (χ1) is 8.74. The van der Waals surface area contributed by atoms with Crippen LogP contribution in [0.4, 0.5) is 0 Å². The Morgan fingerprint density at radius 3 is 2.67 bits per heavy atom. The van der Waals surface area contributed by atoms with Crippen LogP contribution < -0.4 is 0 Å². The van der Waals surface area contributed by atoms with Crippen LogP contribution in [0.3, 0.4) is 0 Å². The van der Waals surface area contributed by atoms with Crippen LogP contribution in [0.1, 0.15) is 45.4 Å². The molecule has 2 aliphatic heterocycles. The molecule has 2 heterocycles. The minimum atomic E-state index is 0.0225. The first-order valence-electron chi connectivity index (χ1n) is 7.39. The fourth-order valence-corrected chi connectivity index (χ4v) is 3.35. The van der Waals surface area contributed by atoms with E-state index in [-0.39, 0.29) is 12.6 Å². The van der Waals surface area contributed by atoms with Gasteiger partial charge >= 0.3 is 0 Å². The molecular formula is C14H26N2O2. The van der Waals surface area contributed by atoms with Crippen molar-refractivity contribution in [2.45, 2.75) is 57.5 Å². The highest BCUT2D eigenvalue weighted by Gasteiger charge is 2.34. The normalized spacial score (nSPS) is 26.8. The van der Waals surface area contributed by atoms with Crippen LogP contribution in [0.25, 0.3) is 0 Å². The van der Waals surface area contributed by atoms with Gasteiger partial charge in [0.1, 0.15) is 0 Å². The molecular weight excluding hydrogens is 228 g/mol. The molecule has 2 saturated heterocycles. The van der Waals surface area contributed by atoms with Gasteiger partial charge in [-0.2, -0.15) is 0 Å². The Kier molecular flexibility index (Phi) is 5.01. The molecule has 0 bridgehead atoms. The van der Waals surface area contributed by atoms with Crippen LogP contribution in [-0.2, 0) is 4.79 Å². The van der Waals surface area contributed by atoms with Gasteiger partial charge in [-0.05, 0) is 52.0 Å². The summed E-state index contributed by atoms with van der Waals surface area (Å²) in [6.45, 7) is 5.24. The molecule has 1 amide bonds. The molecule has 0 aromatic heterocycles. The highest BCUT2D eigenvalue weighted by atomic mass is 16.3. The van der Waals surface area contributed by atoms with Crippen molar-refractivity contribution in [2.75, 3.05) is 26.2 Å². The van der Waals surface area contributed by atoms with Gasteiger partial charge in [-0.25, -0.2) is 0 Å². The van der Waals surface area contributed by atoms with Crippen molar-refractivity contribution in [3.63, 3.8) is 0 Å². The predicted molar refractivity (Wildman–Crippen MR) is 71.3 cm³/mol. The van der Waals surface area contributed by atoms with Gasteiger partial charge < -0.3 is 10.0 Å². The summed E-state index contributed by atoms with van der Waals surface area (Å²) in [6.07, 6.45) is 6.56. The fraction of sp³-hybridized carbons (Fsp3) is 0.929. The van der Waals surface area contributed by atoms with Crippen molar-refractivity contribution < 1.29 is 9.90 Å². The molecule has 2 unspecified atom stereocenters. The molecule has 0 aliphatic carbocycles. The summed E-state index contributed by atoms with van der Waals surface area (Å²) in [4.78, 5) is 16.8. The second kappa shape index (κ2) is 6.53. The Labute approximate surface area is 110 Å². The van der Waals surface area contributed by atoms with Crippen molar-refractivity contribution in [1.29, 1.82) is 0 Å². The lowest BCUT2D eigenvalue weighted by Gasteiger charge is -2.32. The smallest absolute Gasteiger partial charge is 0.239 e. The van der Waals surface area contributed by atoms with Gasteiger partial charge in [-0.3, -0.25) is 9.69 Å². The lowest BCUT2D eigenvalue weighted by molar-refractivity contribution is -0.135. The molecule has 2 fully saturated rings. The molecule has 0 saturated carbocycles. The topological polar surface area (TPSA) is 43.8 Å². The SMILES string of the molecule is CC(C(=O)N1CCCC1)N1CCCC1CCCO. The molecule has 4 heteroatoms. The van der Waals surface area contributed by atoms with E-state index in [0.717, 1.165) is 45.3 Å². The quantitative estimate of drug-likeness (QED) is 0.802. The molecule has 0 aromatic carbocycles. The molecule has 0 aromatic rings. The van der Waals surface area contributed by atoms with E-state index < -0.39 is 0 Å². The third-order valence-electron chi connectivity index (χ3n) is 4.39. The van der Waals surface area contributed by atoms with Crippen LogP contribution in [0, 0.1) is 0 Å². The summed E-state index contributed by atoms with van der Waals surface area (Å²) in [6, 6.07) is 0.521. The number of rotatable bonds is 5. The van der Waals surface area contributed by atoms with Crippen molar-refractivity contribution in [3.05, 3.63) is 0 Å². The van der Waals surface area contributed by atoms with E-state index in [0.29, 0.717) is 11.9 Å². The number of hydrogen-bond acceptors (Lipinski definition) is 3. The Balaban J connectivity index is 1.89. The lowest BCUT2D eigenvalue weighted by Crippen LogP contribution is -2.48. The van der Waals surface area contributed by atoms with Gasteiger partial charge in [-0.1, -0.05) is 0 Å². The molecule has 0 radical (unpaired) electrons. The zero-order valence-corrected chi connectivity index (χ0v) is 11.5. The Hall–Kier alpha value is -0.610. The summed E-state index contributed by atoms with van der Waals surface area (Å²) in [5.41, 5.74) is 0. The Bertz CT molecular complexity index is 277. The van der Waals surface area contributed by atoms with E-state index in [1.165, 1.54) is 12.8 Å². The van der Waals surface area contributed by atoms with Crippen LogP contribution in [-0.4, -0.2) is 59.1 Å². The maximum absolute atomic E-state index is 12.4. The number of amides is 1. The van der Waals surface area contributed by atoms with E-state index in [1.807, 2.05) is 4.90 Å². The summed E-state index contributed by atoms with van der Waals surface area (Å²) >= 11 is 0. The Morgan fingerprint density at radius 2 is 2.00 bits per heavy atom. The summed E-state index contributed by atoms with van der Waals surface area (Å²) < 4.78 is 0. The number of carbonyl (C=O) groups is 1. The van der Waals surface area contributed by atoms with Crippen LogP contribution in [0.5, 0.6) is 0 Å². The average Bonchev–Trinajstić information content (AvgIpc) is 3.05. The molecule has 104 valence electrons. The molecule has 2 aliphatic rings. The second-order valence-electron chi connectivity index (χ2n) is 5.61. The van der Waals surface area contributed by atoms with E-state index in [4.69, 9.17) is 5.11 Å². The number of aliphatic hydroxyl groups excluding tert-OH is 1. The zero-order chi connectivity index (χ0) is 13.0. The third kappa shape index (κ3) is 3.04. The van der Waals surface area contributed by atoms with E-state index in [9.17, 15) is 4.79 Å². The van der Waals surface area contributed by atoms with E-state index in [2.05, 4.69) is 11.8 Å². The number of nitrogens with zero attached hydrogens (tertiary/aromatic N) is 2. The van der Waals surface area contributed by atoms with Crippen LogP contribution in [0.15, 0.2) is 0 Å². The molecule has 2 atom stereocenters. The predicted octanol–water partition coefficient (Wildman–Crippen LogP) is 1.23. The maximum Gasteiger partial charge on any atom is 0.239 e. The maximum atomic E-state index is 12.4. The van der Waals surface area contributed by atoms with Gasteiger partial charge in [0.05, 0.1) is 6.04 Å². The number of likely N-dealkylation sites (tertiary alicyclic amines) is 2. The van der Waals surface area contributed by atoms with Gasteiger partial charge in [0.15, 0.2) is 0 Å². The average molecular weight is 254 g/mol. The standard InChI is InChI=1S/C14H26N2O2/c1-12(14(18)15-8-2-3-9-15)16-10-4-6-13(16)7-5-11-17/h12-13,17H,2-11H2,1H3. The monoisotopic (exact) mass is 254 g/mol. The van der Waals surface area contributed by atoms with Gasteiger partial charge in [0, 0.05) is 25.7 Å². The number of aliphatic hydroxyl groups is 1. The highest BCUT2D eigenvalue weighted by molar-refractivity contribution is 5.81. The summed E-state index contributed by atoms with van der Waals surface area (Å²) in [5, 5.41) is 8.94. The summed E-state index contributed by atoms with van der Waals surface area (Å²) in [7, 11) is 0. The van der Waals surface area contributed by atoms with Crippen molar-refractivity contribution in [3.8, 4) is 0 Å². The summed E-state index contributed by atoms with van der Waals surface area (Å²) in [5.74, 6) is 0.309. The first-order valence-corrected chi connectivity index (χ1v) is 7.39. The van der Waals surface area contributed by atoms with Crippen molar-refractivity contribution in [1.82, 2.24) is 9.80 Å². The Morgan fingerprint density at radius 1 is 1.28 bits per heavy atom. The van der Waals surface area contributed by atoms with Gasteiger partial charge in [0.25, 0.3) is 0 Å². The van der Waals surface area contributed by atoms with Crippen LogP contribution in [0.2, 0.25) is 0 Å². The minimum absolute atomic E-state index is 0.0225. The van der Waals surface area contributed by atoms with Crippen molar-refractivity contribution in [2.24, 2.45) is 0 Å². The fourth-order valence-electron chi connectivity index (χ4n) is 3.35.